The Kier molecular flexibility index (Phi) is 5.77. The summed E-state index contributed by atoms with van der Waals surface area (Å²) in [6.07, 6.45) is 3.79. The van der Waals surface area contributed by atoms with Crippen LogP contribution >= 0.6 is 11.3 Å². The Labute approximate surface area is 201 Å². The monoisotopic (exact) mass is 496 g/mol. The minimum atomic E-state index is -3.83. The van der Waals surface area contributed by atoms with Crippen LogP contribution in [0.3, 0.4) is 0 Å². The van der Waals surface area contributed by atoms with Gasteiger partial charge in [-0.15, -0.1) is 11.3 Å². The first-order chi connectivity index (χ1) is 16.3. The van der Waals surface area contributed by atoms with Crippen LogP contribution < -0.4 is 10.2 Å². The van der Waals surface area contributed by atoms with Gasteiger partial charge in [0.2, 0.25) is 10.0 Å². The Hall–Kier alpha value is -3.04. The number of sulfonamides is 1. The highest BCUT2D eigenvalue weighted by atomic mass is 32.2. The molecule has 0 bridgehead atoms. The molecule has 0 saturated carbocycles. The SMILES string of the molecule is CCC1CCc2c(sc3cc(NS(=O)(=O)CCN4C(=O)c5ccccc5C4=O)ccc3c2=O)C1. The van der Waals surface area contributed by atoms with Crippen LogP contribution in [0, 0.1) is 5.92 Å². The van der Waals surface area contributed by atoms with Crippen molar-refractivity contribution in [3.8, 4) is 0 Å². The number of fused-ring (bicyclic) bond motifs is 3. The molecule has 7 nitrogen and oxygen atoms in total. The Balaban J connectivity index is 1.34. The predicted octanol–water partition coefficient (Wildman–Crippen LogP) is 3.81. The van der Waals surface area contributed by atoms with E-state index in [4.69, 9.17) is 0 Å². The lowest BCUT2D eigenvalue weighted by Gasteiger charge is -2.22. The van der Waals surface area contributed by atoms with Gasteiger partial charge in [-0.1, -0.05) is 25.5 Å². The van der Waals surface area contributed by atoms with Gasteiger partial charge in [-0.05, 0) is 55.5 Å². The van der Waals surface area contributed by atoms with Crippen LogP contribution in [0.15, 0.2) is 47.3 Å². The van der Waals surface area contributed by atoms with Crippen molar-refractivity contribution in [2.75, 3.05) is 17.0 Å². The smallest absolute Gasteiger partial charge is 0.261 e. The molecule has 34 heavy (non-hydrogen) atoms. The van der Waals surface area contributed by atoms with Gasteiger partial charge in [0.05, 0.1) is 16.9 Å². The highest BCUT2D eigenvalue weighted by Crippen LogP contribution is 2.33. The zero-order valence-electron chi connectivity index (χ0n) is 18.7. The standard InChI is InChI=1S/C25H24N2O5S2/c1-2-15-7-9-19-21(13-15)33-22-14-16(8-10-20(22)23(19)28)26-34(31,32)12-11-27-24(29)17-5-3-4-6-18(17)25(27)30/h3-6,8,10,14-15,26H,2,7,9,11-13H2,1H3. The highest BCUT2D eigenvalue weighted by Gasteiger charge is 2.35. The summed E-state index contributed by atoms with van der Waals surface area (Å²) >= 11 is 1.56. The van der Waals surface area contributed by atoms with E-state index in [-0.39, 0.29) is 23.1 Å². The van der Waals surface area contributed by atoms with Crippen LogP contribution in [0.5, 0.6) is 0 Å². The molecule has 3 aromatic rings. The molecule has 0 radical (unpaired) electrons. The molecule has 2 amide bonds. The van der Waals surface area contributed by atoms with Crippen molar-refractivity contribution < 1.29 is 18.0 Å². The summed E-state index contributed by atoms with van der Waals surface area (Å²) in [5.41, 5.74) is 1.87. The van der Waals surface area contributed by atoms with Gasteiger partial charge in [0.15, 0.2) is 5.43 Å². The molecule has 2 aliphatic rings. The fourth-order valence-corrected chi connectivity index (χ4v) is 7.07. The average molecular weight is 497 g/mol. The fourth-order valence-electron chi connectivity index (χ4n) is 4.70. The molecule has 2 aromatic carbocycles. The second kappa shape index (κ2) is 8.63. The summed E-state index contributed by atoms with van der Waals surface area (Å²) in [6, 6.07) is 11.4. The number of hydrogen-bond acceptors (Lipinski definition) is 6. The molecule has 1 N–H and O–H groups in total. The summed E-state index contributed by atoms with van der Waals surface area (Å²) in [4.78, 5) is 40.0. The summed E-state index contributed by atoms with van der Waals surface area (Å²) < 4.78 is 28.8. The van der Waals surface area contributed by atoms with Crippen LogP contribution in [0.25, 0.3) is 10.1 Å². The molecule has 0 fully saturated rings. The van der Waals surface area contributed by atoms with Gasteiger partial charge in [-0.3, -0.25) is 24.0 Å². The molecule has 2 heterocycles. The number of carbonyl (C=O) groups excluding carboxylic acids is 2. The van der Waals surface area contributed by atoms with E-state index in [9.17, 15) is 22.8 Å². The number of rotatable bonds is 6. The minimum absolute atomic E-state index is 0.0401. The number of nitrogens with one attached hydrogen (secondary N) is 1. The van der Waals surface area contributed by atoms with Gasteiger partial charge < -0.3 is 0 Å². The summed E-state index contributed by atoms with van der Waals surface area (Å²) in [5, 5.41) is 0.604. The molecule has 9 heteroatoms. The van der Waals surface area contributed by atoms with Crippen molar-refractivity contribution in [2.45, 2.75) is 32.6 Å². The van der Waals surface area contributed by atoms with Crippen molar-refractivity contribution in [3.63, 3.8) is 0 Å². The van der Waals surface area contributed by atoms with Crippen molar-refractivity contribution in [1.82, 2.24) is 4.90 Å². The lowest BCUT2D eigenvalue weighted by Crippen LogP contribution is -2.35. The number of hydrogen-bond donors (Lipinski definition) is 1. The molecule has 0 saturated heterocycles. The number of benzene rings is 2. The van der Waals surface area contributed by atoms with E-state index in [0.29, 0.717) is 17.0 Å². The van der Waals surface area contributed by atoms with E-state index in [1.165, 1.54) is 0 Å². The van der Waals surface area contributed by atoms with Gasteiger partial charge >= 0.3 is 0 Å². The van der Waals surface area contributed by atoms with Gasteiger partial charge in [0.25, 0.3) is 11.8 Å². The van der Waals surface area contributed by atoms with Crippen LogP contribution in [0.4, 0.5) is 5.69 Å². The first-order valence-corrected chi connectivity index (χ1v) is 13.8. The van der Waals surface area contributed by atoms with Gasteiger partial charge in [0, 0.05) is 32.8 Å². The Bertz CT molecular complexity index is 1460. The van der Waals surface area contributed by atoms with E-state index in [2.05, 4.69) is 11.6 Å². The number of nitrogens with zero attached hydrogens (tertiary/aromatic N) is 1. The van der Waals surface area contributed by atoms with Crippen molar-refractivity contribution >= 4 is 48.9 Å². The molecule has 1 aromatic heterocycles. The largest absolute Gasteiger partial charge is 0.289 e. The average Bonchev–Trinajstić information content (AvgIpc) is 3.07. The highest BCUT2D eigenvalue weighted by molar-refractivity contribution is 7.92. The van der Waals surface area contributed by atoms with E-state index in [1.807, 2.05) is 0 Å². The zero-order chi connectivity index (χ0) is 24.0. The van der Waals surface area contributed by atoms with Crippen LogP contribution in [0.2, 0.25) is 0 Å². The molecule has 1 aliphatic carbocycles. The molecule has 0 spiro atoms. The summed E-state index contributed by atoms with van der Waals surface area (Å²) in [7, 11) is -3.83. The molecular weight excluding hydrogens is 472 g/mol. The van der Waals surface area contributed by atoms with Gasteiger partial charge in [-0.2, -0.15) is 0 Å². The van der Waals surface area contributed by atoms with Crippen molar-refractivity contribution in [1.29, 1.82) is 0 Å². The normalized spacial score (nSPS) is 17.7. The molecule has 5 rings (SSSR count). The van der Waals surface area contributed by atoms with E-state index >= 15 is 0 Å². The number of imide groups is 1. The number of anilines is 1. The third kappa shape index (κ3) is 4.03. The maximum Gasteiger partial charge on any atom is 0.261 e. The quantitative estimate of drug-likeness (QED) is 0.523. The second-order valence-electron chi connectivity index (χ2n) is 8.79. The van der Waals surface area contributed by atoms with E-state index in [0.717, 1.165) is 45.7 Å². The van der Waals surface area contributed by atoms with Crippen molar-refractivity contribution in [3.05, 3.63) is 74.3 Å². The van der Waals surface area contributed by atoms with Crippen LogP contribution in [-0.4, -0.2) is 37.4 Å². The number of amides is 2. The maximum atomic E-state index is 13.0. The lowest BCUT2D eigenvalue weighted by atomic mass is 9.87. The topological polar surface area (TPSA) is 101 Å². The maximum absolute atomic E-state index is 13.0. The van der Waals surface area contributed by atoms with Gasteiger partial charge in [0.1, 0.15) is 0 Å². The Morgan fingerprint density at radius 2 is 1.76 bits per heavy atom. The molecule has 1 unspecified atom stereocenters. The lowest BCUT2D eigenvalue weighted by molar-refractivity contribution is 0.0664. The molecule has 1 atom stereocenters. The number of carbonyl (C=O) groups is 2. The van der Waals surface area contributed by atoms with Crippen molar-refractivity contribution in [2.24, 2.45) is 5.92 Å². The van der Waals surface area contributed by atoms with E-state index < -0.39 is 27.6 Å². The molecular formula is C25H24N2O5S2. The second-order valence-corrected chi connectivity index (χ2v) is 11.8. The first-order valence-electron chi connectivity index (χ1n) is 11.3. The van der Waals surface area contributed by atoms with Gasteiger partial charge in [-0.25, -0.2) is 8.42 Å². The summed E-state index contributed by atoms with van der Waals surface area (Å²) in [6.45, 7) is 1.92. The van der Waals surface area contributed by atoms with E-state index in [1.54, 1.807) is 53.8 Å². The fraction of sp³-hybridized carbons (Fsp3) is 0.320. The molecule has 176 valence electrons. The van der Waals surface area contributed by atoms with Crippen LogP contribution in [-0.2, 0) is 22.9 Å². The minimum Gasteiger partial charge on any atom is -0.289 e. The third-order valence-electron chi connectivity index (χ3n) is 6.66. The molecule has 1 aliphatic heterocycles. The zero-order valence-corrected chi connectivity index (χ0v) is 20.3. The van der Waals surface area contributed by atoms with Crippen LogP contribution in [0.1, 0.15) is 50.9 Å². The summed E-state index contributed by atoms with van der Waals surface area (Å²) in [5.74, 6) is -0.818. The Morgan fingerprint density at radius 1 is 1.06 bits per heavy atom. The Morgan fingerprint density at radius 3 is 2.44 bits per heavy atom. The predicted molar refractivity (Wildman–Crippen MR) is 133 cm³/mol. The third-order valence-corrected chi connectivity index (χ3v) is 9.14. The first kappa shape index (κ1) is 22.7.